The molecule has 0 saturated heterocycles. The number of carbonyl (C=O) groups is 4. The summed E-state index contributed by atoms with van der Waals surface area (Å²) in [5.74, 6) is -0.726. The lowest BCUT2D eigenvalue weighted by molar-refractivity contribution is -0.142. The molecule has 0 fully saturated rings. The van der Waals surface area contributed by atoms with Crippen LogP contribution in [0, 0.1) is 16.2 Å². The molecule has 0 aliphatic rings. The van der Waals surface area contributed by atoms with Gasteiger partial charge in [-0.15, -0.1) is 0 Å². The van der Waals surface area contributed by atoms with E-state index in [1.54, 1.807) is 41.7 Å². The zero-order chi connectivity index (χ0) is 30.1. The lowest BCUT2D eigenvalue weighted by atomic mass is 9.64. The summed E-state index contributed by atoms with van der Waals surface area (Å²) < 4.78 is 0. The van der Waals surface area contributed by atoms with E-state index in [1.807, 2.05) is 6.92 Å². The Morgan fingerprint density at radius 1 is 0.872 bits per heavy atom. The standard InChI is InChI=1S/C27H51N7O5/c1-8-26(5,23(38)32-17-20(2)35)19-27(6,24(39)31-15-12-16-33-34-28)18-25(3,4)22(37)30-14-11-9-10-13-21(36)29-7/h20,35H,8-19H2,1-7H3,(H,29,36)(H,30,37)(H,31,39)(H,32,38). The summed E-state index contributed by atoms with van der Waals surface area (Å²) in [5, 5.41) is 24.3. The summed E-state index contributed by atoms with van der Waals surface area (Å²) >= 11 is 0. The van der Waals surface area contributed by atoms with E-state index in [0.29, 0.717) is 32.4 Å². The van der Waals surface area contributed by atoms with Gasteiger partial charge in [0.1, 0.15) is 0 Å². The highest BCUT2D eigenvalue weighted by atomic mass is 16.3. The van der Waals surface area contributed by atoms with Crippen molar-refractivity contribution in [1.29, 1.82) is 0 Å². The van der Waals surface area contributed by atoms with Crippen molar-refractivity contribution in [2.45, 2.75) is 99.0 Å². The van der Waals surface area contributed by atoms with Crippen LogP contribution >= 0.6 is 0 Å². The number of azide groups is 1. The van der Waals surface area contributed by atoms with Crippen LogP contribution in [-0.2, 0) is 19.2 Å². The van der Waals surface area contributed by atoms with Crippen LogP contribution in [0.1, 0.15) is 92.9 Å². The molecule has 0 aromatic carbocycles. The quantitative estimate of drug-likeness (QED) is 0.0670. The van der Waals surface area contributed by atoms with Crippen LogP contribution in [0.4, 0.5) is 0 Å². The molecule has 12 nitrogen and oxygen atoms in total. The highest BCUT2D eigenvalue weighted by molar-refractivity contribution is 5.88. The third-order valence-electron chi connectivity index (χ3n) is 7.09. The van der Waals surface area contributed by atoms with E-state index in [0.717, 1.165) is 19.3 Å². The van der Waals surface area contributed by atoms with Gasteiger partial charge in [0.2, 0.25) is 23.6 Å². The molecule has 4 amide bonds. The van der Waals surface area contributed by atoms with Crippen LogP contribution in [-0.4, -0.2) is 68.1 Å². The normalized spacial score (nSPS) is 15.1. The molecule has 12 heteroatoms. The molecule has 0 aliphatic heterocycles. The van der Waals surface area contributed by atoms with Crippen LogP contribution in [0.3, 0.4) is 0 Å². The van der Waals surface area contributed by atoms with E-state index >= 15 is 0 Å². The van der Waals surface area contributed by atoms with Gasteiger partial charge in [0.15, 0.2) is 0 Å². The molecular formula is C27H51N7O5. The van der Waals surface area contributed by atoms with Gasteiger partial charge in [-0.3, -0.25) is 19.2 Å². The molecule has 0 saturated carbocycles. The van der Waals surface area contributed by atoms with Gasteiger partial charge in [0.25, 0.3) is 0 Å². The van der Waals surface area contributed by atoms with E-state index in [2.05, 4.69) is 31.3 Å². The van der Waals surface area contributed by atoms with E-state index in [9.17, 15) is 24.3 Å². The first-order valence-electron chi connectivity index (χ1n) is 13.9. The largest absolute Gasteiger partial charge is 0.392 e. The number of aliphatic hydroxyl groups is 1. The minimum absolute atomic E-state index is 0.00541. The lowest BCUT2D eigenvalue weighted by Crippen LogP contribution is -2.51. The first kappa shape index (κ1) is 36.1. The fourth-order valence-corrected chi connectivity index (χ4v) is 4.72. The molecule has 0 aliphatic carbocycles. The Bertz CT molecular complexity index is 857. The van der Waals surface area contributed by atoms with Crippen molar-refractivity contribution in [1.82, 2.24) is 21.3 Å². The maximum Gasteiger partial charge on any atom is 0.226 e. The average Bonchev–Trinajstić information content (AvgIpc) is 2.87. The predicted octanol–water partition coefficient (Wildman–Crippen LogP) is 2.95. The number of rotatable bonds is 20. The zero-order valence-corrected chi connectivity index (χ0v) is 25.0. The number of hydrogen-bond acceptors (Lipinski definition) is 6. The maximum atomic E-state index is 13.5. The van der Waals surface area contributed by atoms with Gasteiger partial charge in [-0.05, 0) is 51.0 Å². The van der Waals surface area contributed by atoms with Gasteiger partial charge in [0.05, 0.1) is 6.10 Å². The summed E-state index contributed by atoms with van der Waals surface area (Å²) in [4.78, 5) is 53.9. The smallest absolute Gasteiger partial charge is 0.226 e. The molecule has 0 radical (unpaired) electrons. The van der Waals surface area contributed by atoms with E-state index in [4.69, 9.17) is 5.53 Å². The Morgan fingerprint density at radius 3 is 2.03 bits per heavy atom. The fraction of sp³-hybridized carbons (Fsp3) is 0.852. The van der Waals surface area contributed by atoms with Gasteiger partial charge in [-0.25, -0.2) is 0 Å². The Hall–Kier alpha value is -2.85. The summed E-state index contributed by atoms with van der Waals surface area (Å²) in [7, 11) is 1.60. The molecule has 5 N–H and O–H groups in total. The number of amides is 4. The number of nitrogens with one attached hydrogen (secondary N) is 4. The molecule has 0 aromatic rings. The Kier molecular flexibility index (Phi) is 16.4. The SMILES string of the molecule is CCC(C)(CC(C)(CC(C)(C)C(=O)NCCCCCC(=O)NC)C(=O)NCCCN=[N+]=[N-])C(=O)NCC(C)O. The predicted molar refractivity (Wildman–Crippen MR) is 151 cm³/mol. The van der Waals surface area contributed by atoms with Gasteiger partial charge in [0, 0.05) is 60.8 Å². The number of unbranched alkanes of at least 4 members (excludes halogenated alkanes) is 2. The van der Waals surface area contributed by atoms with E-state index in [1.165, 1.54) is 0 Å². The van der Waals surface area contributed by atoms with Crippen molar-refractivity contribution in [3.8, 4) is 0 Å². The first-order valence-corrected chi connectivity index (χ1v) is 13.9. The van der Waals surface area contributed by atoms with Gasteiger partial charge in [-0.2, -0.15) is 0 Å². The lowest BCUT2D eigenvalue weighted by Gasteiger charge is -2.41. The second kappa shape index (κ2) is 17.7. The summed E-state index contributed by atoms with van der Waals surface area (Å²) in [6, 6.07) is 0. The summed E-state index contributed by atoms with van der Waals surface area (Å²) in [6.07, 6.45) is 3.35. The molecular weight excluding hydrogens is 502 g/mol. The van der Waals surface area contributed by atoms with Crippen molar-refractivity contribution < 1.29 is 24.3 Å². The minimum Gasteiger partial charge on any atom is -0.392 e. The van der Waals surface area contributed by atoms with Gasteiger partial charge in [-0.1, -0.05) is 46.2 Å². The molecule has 3 atom stereocenters. The van der Waals surface area contributed by atoms with Crippen LogP contribution in [0.2, 0.25) is 0 Å². The number of carbonyl (C=O) groups excluding carboxylic acids is 4. The maximum absolute atomic E-state index is 13.5. The van der Waals surface area contributed by atoms with Crippen LogP contribution in [0.15, 0.2) is 5.11 Å². The molecule has 224 valence electrons. The van der Waals surface area contributed by atoms with Crippen molar-refractivity contribution in [2.24, 2.45) is 21.4 Å². The summed E-state index contributed by atoms with van der Waals surface area (Å²) in [5.41, 5.74) is 5.57. The third-order valence-corrected chi connectivity index (χ3v) is 7.09. The number of hydrogen-bond donors (Lipinski definition) is 5. The van der Waals surface area contributed by atoms with Crippen molar-refractivity contribution in [3.05, 3.63) is 10.4 Å². The van der Waals surface area contributed by atoms with E-state index in [-0.39, 0.29) is 49.6 Å². The van der Waals surface area contributed by atoms with Crippen LogP contribution < -0.4 is 21.3 Å². The second-order valence-corrected chi connectivity index (χ2v) is 11.6. The monoisotopic (exact) mass is 553 g/mol. The Labute approximate surface area is 233 Å². The fourth-order valence-electron chi connectivity index (χ4n) is 4.72. The Morgan fingerprint density at radius 2 is 1.46 bits per heavy atom. The van der Waals surface area contributed by atoms with Crippen LogP contribution in [0.5, 0.6) is 0 Å². The van der Waals surface area contributed by atoms with Crippen molar-refractivity contribution in [2.75, 3.05) is 33.2 Å². The Balaban J connectivity index is 5.58. The average molecular weight is 554 g/mol. The summed E-state index contributed by atoms with van der Waals surface area (Å²) in [6.45, 7) is 11.7. The second-order valence-electron chi connectivity index (χ2n) is 11.6. The topological polar surface area (TPSA) is 185 Å². The zero-order valence-electron chi connectivity index (χ0n) is 25.0. The molecule has 3 unspecified atom stereocenters. The van der Waals surface area contributed by atoms with E-state index < -0.39 is 22.3 Å². The minimum atomic E-state index is -1.07. The number of nitrogens with zero attached hydrogens (tertiary/aromatic N) is 3. The molecule has 0 rings (SSSR count). The van der Waals surface area contributed by atoms with Gasteiger partial charge < -0.3 is 26.4 Å². The molecule has 0 aromatic heterocycles. The molecule has 39 heavy (non-hydrogen) atoms. The highest BCUT2D eigenvalue weighted by Gasteiger charge is 2.47. The van der Waals surface area contributed by atoms with Gasteiger partial charge >= 0.3 is 0 Å². The van der Waals surface area contributed by atoms with Crippen LogP contribution in [0.25, 0.3) is 10.4 Å². The molecule has 0 heterocycles. The van der Waals surface area contributed by atoms with Crippen molar-refractivity contribution in [3.63, 3.8) is 0 Å². The molecule has 0 bridgehead atoms. The molecule has 0 spiro atoms. The highest BCUT2D eigenvalue weighted by Crippen LogP contribution is 2.44. The van der Waals surface area contributed by atoms with Crippen molar-refractivity contribution >= 4 is 23.6 Å². The first-order chi connectivity index (χ1) is 18.2. The number of aliphatic hydroxyl groups excluding tert-OH is 1. The third kappa shape index (κ3) is 13.7.